The van der Waals surface area contributed by atoms with E-state index in [-0.39, 0.29) is 12.1 Å². The average Bonchev–Trinajstić information content (AvgIpc) is 2.50. The van der Waals surface area contributed by atoms with E-state index >= 15 is 0 Å². The van der Waals surface area contributed by atoms with Gasteiger partial charge in [0.2, 0.25) is 0 Å². The molecule has 0 fully saturated rings. The number of carbonyl (C=O) groups excluding carboxylic acids is 1. The lowest BCUT2D eigenvalue weighted by atomic mass is 10.1. The molecule has 4 heteroatoms. The number of hydrogen-bond donors (Lipinski definition) is 2. The summed E-state index contributed by atoms with van der Waals surface area (Å²) in [6, 6.07) is 17.4. The van der Waals surface area contributed by atoms with E-state index in [2.05, 4.69) is 10.6 Å². The third-order valence-corrected chi connectivity index (χ3v) is 3.51. The van der Waals surface area contributed by atoms with Gasteiger partial charge in [0.1, 0.15) is 0 Å². The lowest BCUT2D eigenvalue weighted by Crippen LogP contribution is -2.38. The second-order valence-corrected chi connectivity index (χ2v) is 5.35. The Kier molecular flexibility index (Phi) is 5.64. The number of halogens is 1. The molecule has 0 saturated carbocycles. The van der Waals surface area contributed by atoms with Crippen LogP contribution in [-0.4, -0.2) is 12.6 Å². The quantitative estimate of drug-likeness (QED) is 0.863. The standard InChI is InChI=1S/C17H19ClN2O/c1-13(15-5-3-2-4-6-15)20-17(21)19-12-11-14-7-9-16(18)10-8-14/h2-10,13H,11-12H2,1H3,(H2,19,20,21). The van der Waals surface area contributed by atoms with E-state index in [1.807, 2.05) is 61.5 Å². The smallest absolute Gasteiger partial charge is 0.315 e. The molecule has 2 N–H and O–H groups in total. The molecule has 0 heterocycles. The molecule has 0 radical (unpaired) electrons. The highest BCUT2D eigenvalue weighted by Crippen LogP contribution is 2.11. The summed E-state index contributed by atoms with van der Waals surface area (Å²) in [5.41, 5.74) is 2.24. The fourth-order valence-corrected chi connectivity index (χ4v) is 2.17. The molecule has 2 aromatic carbocycles. The van der Waals surface area contributed by atoms with Crippen molar-refractivity contribution in [1.82, 2.24) is 10.6 Å². The first kappa shape index (κ1) is 15.4. The van der Waals surface area contributed by atoms with Gasteiger partial charge in [-0.3, -0.25) is 0 Å². The summed E-state index contributed by atoms with van der Waals surface area (Å²) < 4.78 is 0. The van der Waals surface area contributed by atoms with Gasteiger partial charge < -0.3 is 10.6 Å². The van der Waals surface area contributed by atoms with Crippen LogP contribution in [0.15, 0.2) is 54.6 Å². The fourth-order valence-electron chi connectivity index (χ4n) is 2.04. The number of benzene rings is 2. The highest BCUT2D eigenvalue weighted by Gasteiger charge is 2.08. The molecule has 2 aromatic rings. The maximum Gasteiger partial charge on any atom is 0.315 e. The zero-order valence-corrected chi connectivity index (χ0v) is 12.7. The molecule has 0 aromatic heterocycles. The van der Waals surface area contributed by atoms with Crippen LogP contribution in [-0.2, 0) is 6.42 Å². The lowest BCUT2D eigenvalue weighted by Gasteiger charge is -2.15. The van der Waals surface area contributed by atoms with Crippen molar-refractivity contribution in [3.63, 3.8) is 0 Å². The summed E-state index contributed by atoms with van der Waals surface area (Å²) >= 11 is 5.83. The predicted octanol–water partition coefficient (Wildman–Crippen LogP) is 3.94. The summed E-state index contributed by atoms with van der Waals surface area (Å²) in [6.45, 7) is 2.56. The van der Waals surface area contributed by atoms with E-state index in [1.54, 1.807) is 0 Å². The number of urea groups is 1. The predicted molar refractivity (Wildman–Crippen MR) is 86.5 cm³/mol. The van der Waals surface area contributed by atoms with Crippen LogP contribution >= 0.6 is 11.6 Å². The van der Waals surface area contributed by atoms with Crippen LogP contribution in [0.1, 0.15) is 24.1 Å². The molecule has 2 rings (SSSR count). The summed E-state index contributed by atoms with van der Waals surface area (Å²) in [6.07, 6.45) is 0.782. The van der Waals surface area contributed by atoms with Crippen LogP contribution in [0, 0.1) is 0 Å². The normalized spacial score (nSPS) is 11.7. The van der Waals surface area contributed by atoms with Crippen LogP contribution in [0.4, 0.5) is 4.79 Å². The van der Waals surface area contributed by atoms with Gasteiger partial charge in [0.15, 0.2) is 0 Å². The van der Waals surface area contributed by atoms with Gasteiger partial charge >= 0.3 is 6.03 Å². The molecule has 0 aliphatic heterocycles. The maximum atomic E-state index is 11.8. The van der Waals surface area contributed by atoms with Crippen LogP contribution in [0.3, 0.4) is 0 Å². The number of hydrogen-bond acceptors (Lipinski definition) is 1. The Morgan fingerprint density at radius 2 is 1.76 bits per heavy atom. The minimum absolute atomic E-state index is 0.0123. The number of nitrogens with one attached hydrogen (secondary N) is 2. The molecule has 0 spiro atoms. The van der Waals surface area contributed by atoms with Crippen LogP contribution in [0.25, 0.3) is 0 Å². The Morgan fingerprint density at radius 1 is 1.10 bits per heavy atom. The third kappa shape index (κ3) is 5.12. The molecule has 2 amide bonds. The summed E-state index contributed by atoms with van der Waals surface area (Å²) in [5.74, 6) is 0. The van der Waals surface area contributed by atoms with Crippen molar-refractivity contribution in [2.75, 3.05) is 6.54 Å². The molecule has 1 atom stereocenters. The Morgan fingerprint density at radius 3 is 2.43 bits per heavy atom. The maximum absolute atomic E-state index is 11.8. The minimum Gasteiger partial charge on any atom is -0.338 e. The molecule has 0 aliphatic carbocycles. The summed E-state index contributed by atoms with van der Waals surface area (Å²) in [5, 5.41) is 6.51. The third-order valence-electron chi connectivity index (χ3n) is 3.26. The minimum atomic E-state index is -0.152. The van der Waals surface area contributed by atoms with Crippen molar-refractivity contribution in [3.8, 4) is 0 Å². The Labute approximate surface area is 130 Å². The molecule has 21 heavy (non-hydrogen) atoms. The zero-order chi connectivity index (χ0) is 15.1. The van der Waals surface area contributed by atoms with Gasteiger partial charge in [-0.2, -0.15) is 0 Å². The largest absolute Gasteiger partial charge is 0.338 e. The second-order valence-electron chi connectivity index (χ2n) is 4.91. The van der Waals surface area contributed by atoms with Crippen molar-refractivity contribution in [3.05, 3.63) is 70.7 Å². The number of carbonyl (C=O) groups is 1. The molecule has 0 aliphatic rings. The van der Waals surface area contributed by atoms with Crippen molar-refractivity contribution >= 4 is 17.6 Å². The highest BCUT2D eigenvalue weighted by atomic mass is 35.5. The lowest BCUT2D eigenvalue weighted by molar-refractivity contribution is 0.238. The van der Waals surface area contributed by atoms with E-state index in [4.69, 9.17) is 11.6 Å². The Hall–Kier alpha value is -2.00. The number of rotatable bonds is 5. The van der Waals surface area contributed by atoms with Gasteiger partial charge in [-0.25, -0.2) is 4.79 Å². The van der Waals surface area contributed by atoms with Gasteiger partial charge in [-0.05, 0) is 36.6 Å². The van der Waals surface area contributed by atoms with Crippen molar-refractivity contribution < 1.29 is 4.79 Å². The van der Waals surface area contributed by atoms with E-state index in [0.717, 1.165) is 22.6 Å². The molecule has 0 bridgehead atoms. The van der Waals surface area contributed by atoms with Gasteiger partial charge in [0.05, 0.1) is 6.04 Å². The summed E-state index contributed by atoms with van der Waals surface area (Å²) in [7, 11) is 0. The molecular formula is C17H19ClN2O. The number of amides is 2. The van der Waals surface area contributed by atoms with E-state index in [0.29, 0.717) is 6.54 Å². The monoisotopic (exact) mass is 302 g/mol. The van der Waals surface area contributed by atoms with Gasteiger partial charge in [-0.15, -0.1) is 0 Å². The average molecular weight is 303 g/mol. The fraction of sp³-hybridized carbons (Fsp3) is 0.235. The molecule has 3 nitrogen and oxygen atoms in total. The van der Waals surface area contributed by atoms with Crippen LogP contribution in [0.5, 0.6) is 0 Å². The molecular weight excluding hydrogens is 284 g/mol. The van der Waals surface area contributed by atoms with Crippen molar-refractivity contribution in [2.24, 2.45) is 0 Å². The molecule has 110 valence electrons. The topological polar surface area (TPSA) is 41.1 Å². The van der Waals surface area contributed by atoms with Crippen molar-refractivity contribution in [1.29, 1.82) is 0 Å². The second kappa shape index (κ2) is 7.70. The first-order valence-electron chi connectivity index (χ1n) is 6.99. The first-order valence-corrected chi connectivity index (χ1v) is 7.36. The van der Waals surface area contributed by atoms with E-state index in [9.17, 15) is 4.79 Å². The van der Waals surface area contributed by atoms with Crippen LogP contribution < -0.4 is 10.6 Å². The van der Waals surface area contributed by atoms with Gasteiger partial charge in [0, 0.05) is 11.6 Å². The highest BCUT2D eigenvalue weighted by molar-refractivity contribution is 6.30. The van der Waals surface area contributed by atoms with E-state index < -0.39 is 0 Å². The Balaban J connectivity index is 1.73. The molecule has 0 saturated heterocycles. The van der Waals surface area contributed by atoms with E-state index in [1.165, 1.54) is 0 Å². The SMILES string of the molecule is CC(NC(=O)NCCc1ccc(Cl)cc1)c1ccccc1. The Bertz CT molecular complexity index is 569. The summed E-state index contributed by atoms with van der Waals surface area (Å²) in [4.78, 5) is 11.8. The molecule has 1 unspecified atom stereocenters. The van der Waals surface area contributed by atoms with Crippen LogP contribution in [0.2, 0.25) is 5.02 Å². The van der Waals surface area contributed by atoms with Gasteiger partial charge in [0.25, 0.3) is 0 Å². The van der Waals surface area contributed by atoms with Gasteiger partial charge in [-0.1, -0.05) is 54.1 Å². The first-order chi connectivity index (χ1) is 10.1. The van der Waals surface area contributed by atoms with Crippen molar-refractivity contribution in [2.45, 2.75) is 19.4 Å². The zero-order valence-electron chi connectivity index (χ0n) is 12.0.